The van der Waals surface area contributed by atoms with Crippen LogP contribution in [0.2, 0.25) is 0 Å². The summed E-state index contributed by atoms with van der Waals surface area (Å²) in [6.07, 6.45) is 7.98. The van der Waals surface area contributed by atoms with Gasteiger partial charge in [0, 0.05) is 5.56 Å². The quantitative estimate of drug-likeness (QED) is 0.408. The van der Waals surface area contributed by atoms with Crippen molar-refractivity contribution in [2.24, 2.45) is 11.8 Å². The van der Waals surface area contributed by atoms with Gasteiger partial charge in [0.15, 0.2) is 5.76 Å². The van der Waals surface area contributed by atoms with Gasteiger partial charge in [0.25, 0.3) is 0 Å². The maximum absolute atomic E-state index is 12.6. The minimum Gasteiger partial charge on any atom is -0.441 e. The molecule has 4 rings (SSSR count). The highest BCUT2D eigenvalue weighted by molar-refractivity contribution is 5.91. The summed E-state index contributed by atoms with van der Waals surface area (Å²) in [6, 6.07) is 17.9. The minimum atomic E-state index is -0.546. The summed E-state index contributed by atoms with van der Waals surface area (Å²) in [7, 11) is 0. The summed E-state index contributed by atoms with van der Waals surface area (Å²) in [5.74, 6) is 1.61. The number of anilines is 1. The predicted molar refractivity (Wildman–Crippen MR) is 136 cm³/mol. The SMILES string of the molecule is Cc1noc(-c2ccc(C3=CC=CCCC3C(C)C)cc2)c1NC(=O)OC(C)c1ccccc1. The molecule has 176 valence electrons. The van der Waals surface area contributed by atoms with Crippen molar-refractivity contribution in [2.45, 2.75) is 46.6 Å². The summed E-state index contributed by atoms with van der Waals surface area (Å²) in [4.78, 5) is 12.6. The highest BCUT2D eigenvalue weighted by atomic mass is 16.6. The monoisotopic (exact) mass is 456 g/mol. The Balaban J connectivity index is 1.52. The first-order valence-corrected chi connectivity index (χ1v) is 11.9. The molecule has 2 atom stereocenters. The van der Waals surface area contributed by atoms with Crippen LogP contribution in [0.15, 0.2) is 77.3 Å². The van der Waals surface area contributed by atoms with E-state index < -0.39 is 6.09 Å². The van der Waals surface area contributed by atoms with E-state index in [2.05, 4.69) is 54.7 Å². The molecule has 34 heavy (non-hydrogen) atoms. The number of nitrogens with zero attached hydrogens (tertiary/aromatic N) is 1. The number of amides is 1. The number of aryl methyl sites for hydroxylation is 1. The molecule has 2 unspecified atom stereocenters. The van der Waals surface area contributed by atoms with Gasteiger partial charge in [0.1, 0.15) is 17.5 Å². The van der Waals surface area contributed by atoms with E-state index in [0.717, 1.165) is 24.0 Å². The van der Waals surface area contributed by atoms with Crippen LogP contribution in [0.5, 0.6) is 0 Å². The van der Waals surface area contributed by atoms with Gasteiger partial charge in [-0.2, -0.15) is 0 Å². The van der Waals surface area contributed by atoms with Crippen LogP contribution in [-0.4, -0.2) is 11.2 Å². The summed E-state index contributed by atoms with van der Waals surface area (Å²) in [5, 5.41) is 6.91. The van der Waals surface area contributed by atoms with Crippen molar-refractivity contribution in [1.29, 1.82) is 0 Å². The first kappa shape index (κ1) is 23.6. The van der Waals surface area contributed by atoms with Gasteiger partial charge in [-0.05, 0) is 55.2 Å². The van der Waals surface area contributed by atoms with Gasteiger partial charge in [-0.3, -0.25) is 5.32 Å². The highest BCUT2D eigenvalue weighted by Gasteiger charge is 2.22. The Hall–Kier alpha value is -3.60. The lowest BCUT2D eigenvalue weighted by molar-refractivity contribution is 0.121. The van der Waals surface area contributed by atoms with Gasteiger partial charge in [-0.1, -0.05) is 91.8 Å². The molecule has 2 aromatic carbocycles. The molecule has 1 aliphatic carbocycles. The zero-order chi connectivity index (χ0) is 24.1. The van der Waals surface area contributed by atoms with Gasteiger partial charge >= 0.3 is 6.09 Å². The molecule has 0 saturated carbocycles. The van der Waals surface area contributed by atoms with E-state index in [4.69, 9.17) is 9.26 Å². The van der Waals surface area contributed by atoms with E-state index in [1.165, 1.54) is 11.1 Å². The molecule has 1 amide bonds. The van der Waals surface area contributed by atoms with Crippen LogP contribution < -0.4 is 5.32 Å². The Morgan fingerprint density at radius 1 is 1.06 bits per heavy atom. The number of rotatable bonds is 6. The zero-order valence-corrected chi connectivity index (χ0v) is 20.2. The molecule has 1 heterocycles. The molecular weight excluding hydrogens is 424 g/mol. The maximum atomic E-state index is 12.6. The van der Waals surface area contributed by atoms with Gasteiger partial charge in [0.05, 0.1) is 0 Å². The van der Waals surface area contributed by atoms with E-state index in [9.17, 15) is 4.79 Å². The summed E-state index contributed by atoms with van der Waals surface area (Å²) < 4.78 is 11.2. The van der Waals surface area contributed by atoms with Crippen molar-refractivity contribution in [1.82, 2.24) is 5.16 Å². The standard InChI is InChI=1S/C29H32N2O3/c1-19(2)25-13-9-6-10-14-26(25)23-15-17-24(18-16-23)28-27(20(3)31-34-28)30-29(32)33-21(4)22-11-7-5-8-12-22/h5-8,10-12,14-19,21,25H,9,13H2,1-4H3,(H,30,32). The van der Waals surface area contributed by atoms with Crippen LogP contribution in [0.3, 0.4) is 0 Å². The molecule has 0 radical (unpaired) electrons. The second-order valence-electron chi connectivity index (χ2n) is 9.11. The first-order valence-electron chi connectivity index (χ1n) is 11.9. The van der Waals surface area contributed by atoms with E-state index >= 15 is 0 Å². The summed E-state index contributed by atoms with van der Waals surface area (Å²) in [5.41, 5.74) is 5.46. The van der Waals surface area contributed by atoms with Crippen molar-refractivity contribution < 1.29 is 14.1 Å². The maximum Gasteiger partial charge on any atom is 0.412 e. The molecular formula is C29H32N2O3. The molecule has 5 heteroatoms. The highest BCUT2D eigenvalue weighted by Crippen LogP contribution is 2.37. The molecule has 0 saturated heterocycles. The molecule has 3 aromatic rings. The third-order valence-electron chi connectivity index (χ3n) is 6.38. The lowest BCUT2D eigenvalue weighted by atomic mass is 9.81. The van der Waals surface area contributed by atoms with Crippen molar-refractivity contribution in [3.63, 3.8) is 0 Å². The van der Waals surface area contributed by atoms with Crippen molar-refractivity contribution in [3.05, 3.63) is 89.6 Å². The van der Waals surface area contributed by atoms with E-state index in [-0.39, 0.29) is 6.10 Å². The summed E-state index contributed by atoms with van der Waals surface area (Å²) in [6.45, 7) is 8.21. The number of aromatic nitrogens is 1. The van der Waals surface area contributed by atoms with Gasteiger partial charge < -0.3 is 9.26 Å². The Morgan fingerprint density at radius 2 is 1.76 bits per heavy atom. The molecule has 1 aromatic heterocycles. The van der Waals surface area contributed by atoms with Crippen LogP contribution in [0.25, 0.3) is 16.9 Å². The van der Waals surface area contributed by atoms with Gasteiger partial charge in [0.2, 0.25) is 0 Å². The van der Waals surface area contributed by atoms with Crippen molar-refractivity contribution in [2.75, 3.05) is 5.32 Å². The van der Waals surface area contributed by atoms with Crippen molar-refractivity contribution in [3.8, 4) is 11.3 Å². The molecule has 0 bridgehead atoms. The third kappa shape index (κ3) is 5.30. The number of hydrogen-bond acceptors (Lipinski definition) is 4. The lowest BCUT2D eigenvalue weighted by Gasteiger charge is -2.23. The fraction of sp³-hybridized carbons (Fsp3) is 0.310. The average Bonchev–Trinajstić information content (AvgIpc) is 3.04. The number of carbonyl (C=O) groups excluding carboxylic acids is 1. The lowest BCUT2D eigenvalue weighted by Crippen LogP contribution is -2.16. The van der Waals surface area contributed by atoms with Gasteiger partial charge in [-0.25, -0.2) is 4.79 Å². The number of carbonyl (C=O) groups is 1. The molecule has 1 N–H and O–H groups in total. The molecule has 0 aliphatic heterocycles. The van der Waals surface area contributed by atoms with Crippen LogP contribution in [-0.2, 0) is 4.74 Å². The Labute approximate surface area is 201 Å². The van der Waals surface area contributed by atoms with E-state index in [1.807, 2.05) is 49.4 Å². The predicted octanol–water partition coefficient (Wildman–Crippen LogP) is 7.97. The number of hydrogen-bond donors (Lipinski definition) is 1. The molecule has 1 aliphatic rings. The minimum absolute atomic E-state index is 0.375. The topological polar surface area (TPSA) is 64.4 Å². The molecule has 5 nitrogen and oxygen atoms in total. The second-order valence-corrected chi connectivity index (χ2v) is 9.11. The number of nitrogens with one attached hydrogen (secondary N) is 1. The van der Waals surface area contributed by atoms with Crippen LogP contribution in [0.1, 0.15) is 56.5 Å². The molecule has 0 spiro atoms. The Morgan fingerprint density at radius 3 is 2.47 bits per heavy atom. The van der Waals surface area contributed by atoms with Crippen LogP contribution in [0.4, 0.5) is 10.5 Å². The largest absolute Gasteiger partial charge is 0.441 e. The second kappa shape index (κ2) is 10.6. The number of ether oxygens (including phenoxy) is 1. The van der Waals surface area contributed by atoms with E-state index in [1.54, 1.807) is 6.92 Å². The van der Waals surface area contributed by atoms with Crippen LogP contribution in [0, 0.1) is 18.8 Å². The average molecular weight is 457 g/mol. The normalized spacial score (nSPS) is 16.6. The molecule has 0 fully saturated rings. The van der Waals surface area contributed by atoms with E-state index in [0.29, 0.717) is 29.0 Å². The van der Waals surface area contributed by atoms with Crippen LogP contribution >= 0.6 is 0 Å². The smallest absolute Gasteiger partial charge is 0.412 e. The Kier molecular flexibility index (Phi) is 7.31. The zero-order valence-electron chi connectivity index (χ0n) is 20.2. The third-order valence-corrected chi connectivity index (χ3v) is 6.38. The number of allylic oxidation sites excluding steroid dienone is 4. The van der Waals surface area contributed by atoms with Gasteiger partial charge in [-0.15, -0.1) is 0 Å². The fourth-order valence-corrected chi connectivity index (χ4v) is 4.44. The van der Waals surface area contributed by atoms with Crippen molar-refractivity contribution >= 4 is 17.4 Å². The first-order chi connectivity index (χ1) is 16.4. The number of benzene rings is 2. The summed E-state index contributed by atoms with van der Waals surface area (Å²) >= 11 is 0. The Bertz CT molecular complexity index is 1170. The fourth-order valence-electron chi connectivity index (χ4n) is 4.44.